The fourth-order valence-corrected chi connectivity index (χ4v) is 2.78. The normalized spacial score (nSPS) is 10.5. The number of amides is 1. The molecule has 4 heteroatoms. The van der Waals surface area contributed by atoms with E-state index >= 15 is 0 Å². The highest BCUT2D eigenvalue weighted by Gasteiger charge is 2.12. The van der Waals surface area contributed by atoms with Gasteiger partial charge >= 0.3 is 0 Å². The number of anilines is 2. The van der Waals surface area contributed by atoms with E-state index in [4.69, 9.17) is 0 Å². The Kier molecular flexibility index (Phi) is 6.79. The molecule has 0 saturated carbocycles. The molecule has 0 fully saturated rings. The SMILES string of the molecule is CCCN(CCC)c1cncc(C(=O)Nc2ccccc2CC)c1. The van der Waals surface area contributed by atoms with Crippen LogP contribution >= 0.6 is 0 Å². The van der Waals surface area contributed by atoms with E-state index in [-0.39, 0.29) is 5.91 Å². The van der Waals surface area contributed by atoms with Crippen molar-refractivity contribution in [2.75, 3.05) is 23.3 Å². The summed E-state index contributed by atoms with van der Waals surface area (Å²) in [4.78, 5) is 19.2. The first-order chi connectivity index (χ1) is 11.7. The lowest BCUT2D eigenvalue weighted by Gasteiger charge is -2.23. The van der Waals surface area contributed by atoms with Crippen LogP contribution in [-0.2, 0) is 6.42 Å². The molecule has 0 unspecified atom stereocenters. The van der Waals surface area contributed by atoms with Crippen LogP contribution in [0.4, 0.5) is 11.4 Å². The van der Waals surface area contributed by atoms with Crippen LogP contribution in [0.3, 0.4) is 0 Å². The lowest BCUT2D eigenvalue weighted by molar-refractivity contribution is 0.102. The minimum atomic E-state index is -0.113. The molecule has 0 aliphatic heterocycles. The molecule has 1 N–H and O–H groups in total. The van der Waals surface area contributed by atoms with E-state index < -0.39 is 0 Å². The van der Waals surface area contributed by atoms with Gasteiger partial charge in [0.25, 0.3) is 5.91 Å². The number of nitrogens with zero attached hydrogens (tertiary/aromatic N) is 2. The predicted octanol–water partition coefficient (Wildman–Crippen LogP) is 4.52. The number of pyridine rings is 1. The predicted molar refractivity (Wildman–Crippen MR) is 101 cm³/mol. The van der Waals surface area contributed by atoms with Gasteiger partial charge in [0, 0.05) is 25.0 Å². The van der Waals surface area contributed by atoms with E-state index in [1.165, 1.54) is 0 Å². The summed E-state index contributed by atoms with van der Waals surface area (Å²) in [6.45, 7) is 8.35. The molecule has 2 rings (SSSR count). The van der Waals surface area contributed by atoms with E-state index in [0.717, 1.165) is 49.3 Å². The number of benzene rings is 1. The van der Waals surface area contributed by atoms with Gasteiger partial charge in [-0.1, -0.05) is 39.0 Å². The Labute approximate surface area is 144 Å². The van der Waals surface area contributed by atoms with Gasteiger partial charge in [-0.3, -0.25) is 9.78 Å². The van der Waals surface area contributed by atoms with Gasteiger partial charge in [0.2, 0.25) is 0 Å². The maximum absolute atomic E-state index is 12.6. The second kappa shape index (κ2) is 9.06. The number of aromatic nitrogens is 1. The Balaban J connectivity index is 2.19. The maximum Gasteiger partial charge on any atom is 0.257 e. The molecule has 4 nitrogen and oxygen atoms in total. The van der Waals surface area contributed by atoms with E-state index in [9.17, 15) is 4.79 Å². The van der Waals surface area contributed by atoms with Gasteiger partial charge in [0.15, 0.2) is 0 Å². The Hall–Kier alpha value is -2.36. The fourth-order valence-electron chi connectivity index (χ4n) is 2.78. The quantitative estimate of drug-likeness (QED) is 0.776. The van der Waals surface area contributed by atoms with Crippen LogP contribution in [0.2, 0.25) is 0 Å². The molecule has 0 saturated heterocycles. The Morgan fingerprint density at radius 2 is 1.79 bits per heavy atom. The molecule has 128 valence electrons. The van der Waals surface area contributed by atoms with Crippen molar-refractivity contribution < 1.29 is 4.79 Å². The van der Waals surface area contributed by atoms with Crippen LogP contribution < -0.4 is 10.2 Å². The molecule has 2 aromatic rings. The summed E-state index contributed by atoms with van der Waals surface area (Å²) in [6, 6.07) is 9.84. The van der Waals surface area contributed by atoms with Crippen LogP contribution in [-0.4, -0.2) is 24.0 Å². The summed E-state index contributed by atoms with van der Waals surface area (Å²) in [5, 5.41) is 3.01. The van der Waals surface area contributed by atoms with Crippen molar-refractivity contribution >= 4 is 17.3 Å². The third-order valence-electron chi connectivity index (χ3n) is 3.98. The topological polar surface area (TPSA) is 45.2 Å². The number of carbonyl (C=O) groups is 1. The number of nitrogens with one attached hydrogen (secondary N) is 1. The minimum absolute atomic E-state index is 0.113. The van der Waals surface area contributed by atoms with E-state index in [1.54, 1.807) is 6.20 Å². The zero-order chi connectivity index (χ0) is 17.4. The number of para-hydroxylation sites is 1. The number of hydrogen-bond acceptors (Lipinski definition) is 3. The summed E-state index contributed by atoms with van der Waals surface area (Å²) in [5.74, 6) is -0.113. The van der Waals surface area contributed by atoms with Gasteiger partial charge in [-0.25, -0.2) is 0 Å². The summed E-state index contributed by atoms with van der Waals surface area (Å²) < 4.78 is 0. The molecular formula is C20H27N3O. The first-order valence-electron chi connectivity index (χ1n) is 8.78. The van der Waals surface area contributed by atoms with Crippen LogP contribution in [0.25, 0.3) is 0 Å². The van der Waals surface area contributed by atoms with E-state index in [0.29, 0.717) is 5.56 Å². The zero-order valence-electron chi connectivity index (χ0n) is 14.9. The van der Waals surface area contributed by atoms with Gasteiger partial charge in [-0.05, 0) is 37.0 Å². The molecule has 0 spiro atoms. The zero-order valence-corrected chi connectivity index (χ0v) is 14.9. The minimum Gasteiger partial charge on any atom is -0.370 e. The molecule has 0 radical (unpaired) electrons. The standard InChI is InChI=1S/C20H27N3O/c1-4-11-23(12-5-2)18-13-17(14-21-15-18)20(24)22-19-10-8-7-9-16(19)6-3/h7-10,13-15H,4-6,11-12H2,1-3H3,(H,22,24). The van der Waals surface area contributed by atoms with Crippen LogP contribution in [0.5, 0.6) is 0 Å². The molecule has 0 aliphatic rings. The summed E-state index contributed by atoms with van der Waals surface area (Å²) >= 11 is 0. The first-order valence-corrected chi connectivity index (χ1v) is 8.78. The Morgan fingerprint density at radius 3 is 2.46 bits per heavy atom. The summed E-state index contributed by atoms with van der Waals surface area (Å²) in [6.07, 6.45) is 6.49. The lowest BCUT2D eigenvalue weighted by Crippen LogP contribution is -2.25. The molecule has 1 heterocycles. The van der Waals surface area contributed by atoms with Crippen molar-refractivity contribution in [3.8, 4) is 0 Å². The number of aryl methyl sites for hydroxylation is 1. The van der Waals surface area contributed by atoms with Crippen molar-refractivity contribution in [3.63, 3.8) is 0 Å². The van der Waals surface area contributed by atoms with Gasteiger partial charge < -0.3 is 10.2 Å². The first kappa shape index (κ1) is 18.0. The highest BCUT2D eigenvalue weighted by molar-refractivity contribution is 6.05. The molecule has 0 aliphatic carbocycles. The van der Waals surface area contributed by atoms with Crippen molar-refractivity contribution in [2.45, 2.75) is 40.0 Å². The Bertz CT molecular complexity index is 663. The van der Waals surface area contributed by atoms with E-state index in [2.05, 4.69) is 36.0 Å². The van der Waals surface area contributed by atoms with Crippen molar-refractivity contribution in [1.82, 2.24) is 4.98 Å². The van der Waals surface area contributed by atoms with Crippen molar-refractivity contribution in [1.29, 1.82) is 0 Å². The average molecular weight is 325 g/mol. The monoisotopic (exact) mass is 325 g/mol. The molecule has 24 heavy (non-hydrogen) atoms. The number of rotatable bonds is 8. The fraction of sp³-hybridized carbons (Fsp3) is 0.400. The second-order valence-electron chi connectivity index (χ2n) is 5.88. The second-order valence-corrected chi connectivity index (χ2v) is 5.88. The smallest absolute Gasteiger partial charge is 0.257 e. The molecule has 1 aromatic carbocycles. The van der Waals surface area contributed by atoms with Gasteiger partial charge in [-0.15, -0.1) is 0 Å². The summed E-state index contributed by atoms with van der Waals surface area (Å²) in [7, 11) is 0. The van der Waals surface area contributed by atoms with Gasteiger partial charge in [-0.2, -0.15) is 0 Å². The van der Waals surface area contributed by atoms with Crippen LogP contribution in [0, 0.1) is 0 Å². The largest absolute Gasteiger partial charge is 0.370 e. The Morgan fingerprint density at radius 1 is 1.08 bits per heavy atom. The number of hydrogen-bond donors (Lipinski definition) is 1. The van der Waals surface area contributed by atoms with Gasteiger partial charge in [0.1, 0.15) is 0 Å². The van der Waals surface area contributed by atoms with Crippen LogP contribution in [0.15, 0.2) is 42.7 Å². The van der Waals surface area contributed by atoms with Crippen LogP contribution in [0.1, 0.15) is 49.5 Å². The molecule has 0 bridgehead atoms. The highest BCUT2D eigenvalue weighted by atomic mass is 16.1. The molecule has 0 atom stereocenters. The maximum atomic E-state index is 12.6. The molecule has 1 aromatic heterocycles. The number of carbonyl (C=O) groups excluding carboxylic acids is 1. The van der Waals surface area contributed by atoms with Gasteiger partial charge in [0.05, 0.1) is 17.4 Å². The third kappa shape index (κ3) is 4.57. The third-order valence-corrected chi connectivity index (χ3v) is 3.98. The highest BCUT2D eigenvalue weighted by Crippen LogP contribution is 2.19. The van der Waals surface area contributed by atoms with Crippen molar-refractivity contribution in [3.05, 3.63) is 53.9 Å². The average Bonchev–Trinajstić information content (AvgIpc) is 2.62. The molecule has 1 amide bonds. The lowest BCUT2D eigenvalue weighted by atomic mass is 10.1. The molecular weight excluding hydrogens is 298 g/mol. The summed E-state index contributed by atoms with van der Waals surface area (Å²) in [5.41, 5.74) is 3.61. The van der Waals surface area contributed by atoms with Crippen molar-refractivity contribution in [2.24, 2.45) is 0 Å². The van der Waals surface area contributed by atoms with E-state index in [1.807, 2.05) is 36.5 Å².